The molecule has 0 spiro atoms. The fourth-order valence-electron chi connectivity index (χ4n) is 4.11. The highest BCUT2D eigenvalue weighted by molar-refractivity contribution is 6.46. The number of carbonyl (C=O) groups is 2. The molecule has 7 heteroatoms. The van der Waals surface area contributed by atoms with E-state index in [1.54, 1.807) is 31.2 Å². The Kier molecular flexibility index (Phi) is 7.27. The summed E-state index contributed by atoms with van der Waals surface area (Å²) in [6, 6.07) is 20.0. The molecule has 1 aliphatic heterocycles. The Balaban J connectivity index is 1.75. The molecule has 180 valence electrons. The Bertz CT molecular complexity index is 1270. The average molecular weight is 476 g/mol. The second-order valence-electron chi connectivity index (χ2n) is 8.30. The number of aliphatic hydroxyl groups excluding tert-OH is 1. The second-order valence-corrected chi connectivity index (χ2v) is 8.30. The highest BCUT2D eigenvalue weighted by atomic mass is 19.1. The highest BCUT2D eigenvalue weighted by Gasteiger charge is 2.46. The van der Waals surface area contributed by atoms with E-state index < -0.39 is 23.5 Å². The Labute approximate surface area is 203 Å². The summed E-state index contributed by atoms with van der Waals surface area (Å²) in [7, 11) is 1.50. The van der Waals surface area contributed by atoms with Crippen molar-refractivity contribution in [2.24, 2.45) is 0 Å². The number of methoxy groups -OCH3 is 1. The van der Waals surface area contributed by atoms with Gasteiger partial charge in [-0.05, 0) is 53.9 Å². The van der Waals surface area contributed by atoms with E-state index in [-0.39, 0.29) is 30.0 Å². The number of halogens is 1. The van der Waals surface area contributed by atoms with Gasteiger partial charge in [0.2, 0.25) is 0 Å². The molecule has 1 aliphatic rings. The number of aryl methyl sites for hydroxylation is 1. The minimum atomic E-state index is -0.851. The van der Waals surface area contributed by atoms with Crippen LogP contribution in [0.1, 0.15) is 28.3 Å². The molecule has 6 nitrogen and oxygen atoms in total. The SMILES string of the molecule is COCCN1C(=O)C(=O)/C(=C(\O)c2ccc(F)c(C)c2)C1c1cccc(OCc2ccccc2)c1. The van der Waals surface area contributed by atoms with Crippen LogP contribution >= 0.6 is 0 Å². The number of likely N-dealkylation sites (tertiary alicyclic amines) is 1. The minimum absolute atomic E-state index is 0.0580. The zero-order valence-corrected chi connectivity index (χ0v) is 19.5. The Hall–Kier alpha value is -3.97. The molecule has 1 heterocycles. The molecule has 1 N–H and O–H groups in total. The number of rotatable bonds is 8. The van der Waals surface area contributed by atoms with Crippen LogP contribution in [-0.2, 0) is 20.9 Å². The summed E-state index contributed by atoms with van der Waals surface area (Å²) in [5.41, 5.74) is 2.12. The quantitative estimate of drug-likeness (QED) is 0.288. The standard InChI is InChI=1S/C28H26FNO5/c1-18-15-21(11-12-23(18)29)26(31)24-25(30(13-14-34-2)28(33)27(24)32)20-9-6-10-22(16-20)35-17-19-7-4-3-5-8-19/h3-12,15-16,25,31H,13-14,17H2,1-2H3/b26-24-. The molecule has 0 radical (unpaired) electrons. The number of hydrogen-bond donors (Lipinski definition) is 1. The molecule has 4 rings (SSSR count). The monoisotopic (exact) mass is 475 g/mol. The second kappa shape index (κ2) is 10.5. The summed E-state index contributed by atoms with van der Waals surface area (Å²) in [4.78, 5) is 27.4. The molecule has 0 aromatic heterocycles. The normalized spacial score (nSPS) is 17.1. The van der Waals surface area contributed by atoms with E-state index in [0.29, 0.717) is 23.5 Å². The first-order valence-corrected chi connectivity index (χ1v) is 11.2. The van der Waals surface area contributed by atoms with Crippen LogP contribution in [-0.4, -0.2) is 42.0 Å². The number of ketones is 1. The smallest absolute Gasteiger partial charge is 0.295 e. The summed E-state index contributed by atoms with van der Waals surface area (Å²) >= 11 is 0. The Morgan fingerprint density at radius 1 is 1.03 bits per heavy atom. The van der Waals surface area contributed by atoms with Gasteiger partial charge in [0.25, 0.3) is 11.7 Å². The molecule has 1 amide bonds. The lowest BCUT2D eigenvalue weighted by molar-refractivity contribution is -0.140. The lowest BCUT2D eigenvalue weighted by atomic mass is 9.94. The third-order valence-corrected chi connectivity index (χ3v) is 5.93. The fourth-order valence-corrected chi connectivity index (χ4v) is 4.11. The van der Waals surface area contributed by atoms with Crippen molar-refractivity contribution in [3.8, 4) is 5.75 Å². The van der Waals surface area contributed by atoms with E-state index >= 15 is 0 Å². The van der Waals surface area contributed by atoms with Crippen LogP contribution in [0.15, 0.2) is 78.4 Å². The van der Waals surface area contributed by atoms with Crippen LogP contribution < -0.4 is 4.74 Å². The van der Waals surface area contributed by atoms with E-state index in [1.807, 2.05) is 30.3 Å². The third-order valence-electron chi connectivity index (χ3n) is 5.93. The molecule has 0 bridgehead atoms. The number of amides is 1. The van der Waals surface area contributed by atoms with Crippen molar-refractivity contribution < 1.29 is 28.6 Å². The van der Waals surface area contributed by atoms with Gasteiger partial charge in [-0.1, -0.05) is 42.5 Å². The van der Waals surface area contributed by atoms with Gasteiger partial charge in [-0.3, -0.25) is 9.59 Å². The van der Waals surface area contributed by atoms with Gasteiger partial charge in [0, 0.05) is 19.2 Å². The maximum absolute atomic E-state index is 13.8. The number of hydrogen-bond acceptors (Lipinski definition) is 5. The molecular formula is C28H26FNO5. The lowest BCUT2D eigenvalue weighted by Crippen LogP contribution is -2.32. The van der Waals surface area contributed by atoms with E-state index in [2.05, 4.69) is 0 Å². The number of Topliss-reactive ketones (excluding diaryl/α,β-unsaturated/α-hetero) is 1. The van der Waals surface area contributed by atoms with Crippen molar-refractivity contribution in [2.45, 2.75) is 19.6 Å². The van der Waals surface area contributed by atoms with Crippen LogP contribution in [0.5, 0.6) is 5.75 Å². The largest absolute Gasteiger partial charge is 0.507 e. The highest BCUT2D eigenvalue weighted by Crippen LogP contribution is 2.40. The van der Waals surface area contributed by atoms with Gasteiger partial charge in [0.1, 0.15) is 23.9 Å². The number of nitrogens with zero attached hydrogens (tertiary/aromatic N) is 1. The Morgan fingerprint density at radius 3 is 2.51 bits per heavy atom. The summed E-state index contributed by atoms with van der Waals surface area (Å²) in [6.07, 6.45) is 0. The van der Waals surface area contributed by atoms with Crippen molar-refractivity contribution in [3.63, 3.8) is 0 Å². The van der Waals surface area contributed by atoms with Gasteiger partial charge in [-0.2, -0.15) is 0 Å². The van der Waals surface area contributed by atoms with Crippen molar-refractivity contribution in [1.29, 1.82) is 0 Å². The van der Waals surface area contributed by atoms with Gasteiger partial charge in [-0.15, -0.1) is 0 Å². The van der Waals surface area contributed by atoms with Gasteiger partial charge in [0.05, 0.1) is 18.2 Å². The lowest BCUT2D eigenvalue weighted by Gasteiger charge is -2.25. The predicted octanol–water partition coefficient (Wildman–Crippen LogP) is 4.78. The molecule has 1 unspecified atom stereocenters. The minimum Gasteiger partial charge on any atom is -0.507 e. The number of carbonyl (C=O) groups excluding carboxylic acids is 2. The van der Waals surface area contributed by atoms with Gasteiger partial charge in [-0.25, -0.2) is 4.39 Å². The molecule has 3 aromatic carbocycles. The van der Waals surface area contributed by atoms with Crippen molar-refractivity contribution >= 4 is 17.4 Å². The van der Waals surface area contributed by atoms with E-state index in [0.717, 1.165) is 5.56 Å². The van der Waals surface area contributed by atoms with Crippen LogP contribution in [0.3, 0.4) is 0 Å². The predicted molar refractivity (Wildman–Crippen MR) is 129 cm³/mol. The summed E-state index contributed by atoms with van der Waals surface area (Å²) in [6.45, 7) is 2.28. The molecular weight excluding hydrogens is 449 g/mol. The summed E-state index contributed by atoms with van der Waals surface area (Å²) in [5, 5.41) is 11.1. The first-order chi connectivity index (χ1) is 16.9. The summed E-state index contributed by atoms with van der Waals surface area (Å²) in [5.74, 6) is -1.76. The molecule has 35 heavy (non-hydrogen) atoms. The van der Waals surface area contributed by atoms with E-state index in [9.17, 15) is 19.1 Å². The van der Waals surface area contributed by atoms with Crippen LogP contribution in [0, 0.1) is 12.7 Å². The third kappa shape index (κ3) is 5.10. The topological polar surface area (TPSA) is 76.1 Å². The molecule has 3 aromatic rings. The van der Waals surface area contributed by atoms with Crippen LogP contribution in [0.4, 0.5) is 4.39 Å². The van der Waals surface area contributed by atoms with E-state index in [4.69, 9.17) is 9.47 Å². The first-order valence-electron chi connectivity index (χ1n) is 11.2. The maximum Gasteiger partial charge on any atom is 0.295 e. The average Bonchev–Trinajstić information content (AvgIpc) is 3.13. The molecule has 0 saturated carbocycles. The zero-order chi connectivity index (χ0) is 24.9. The molecule has 0 aliphatic carbocycles. The van der Waals surface area contributed by atoms with Crippen molar-refractivity contribution in [1.82, 2.24) is 4.90 Å². The molecule has 1 saturated heterocycles. The van der Waals surface area contributed by atoms with Crippen molar-refractivity contribution in [2.75, 3.05) is 20.3 Å². The number of ether oxygens (including phenoxy) is 2. The fraction of sp³-hybridized carbons (Fsp3) is 0.214. The molecule has 1 atom stereocenters. The van der Waals surface area contributed by atoms with Crippen LogP contribution in [0.25, 0.3) is 5.76 Å². The maximum atomic E-state index is 13.8. The van der Waals surface area contributed by atoms with Gasteiger partial charge < -0.3 is 19.5 Å². The molecule has 1 fully saturated rings. The van der Waals surface area contributed by atoms with Gasteiger partial charge in [0.15, 0.2) is 0 Å². The van der Waals surface area contributed by atoms with Gasteiger partial charge >= 0.3 is 0 Å². The first kappa shape index (κ1) is 24.2. The van der Waals surface area contributed by atoms with Crippen LogP contribution in [0.2, 0.25) is 0 Å². The number of aliphatic hydroxyl groups is 1. The Morgan fingerprint density at radius 2 is 1.80 bits per heavy atom. The summed E-state index contributed by atoms with van der Waals surface area (Å²) < 4.78 is 24.9. The van der Waals surface area contributed by atoms with Crippen molar-refractivity contribution in [3.05, 3.63) is 106 Å². The zero-order valence-electron chi connectivity index (χ0n) is 19.5. The van der Waals surface area contributed by atoms with E-state index in [1.165, 1.54) is 30.2 Å². The number of benzene rings is 3.